The van der Waals surface area contributed by atoms with Gasteiger partial charge >= 0.3 is 5.97 Å². The number of aliphatic carboxylic acids is 1. The number of para-hydroxylation sites is 1. The van der Waals surface area contributed by atoms with E-state index in [9.17, 15) is 14.7 Å². The maximum atomic E-state index is 12.8. The number of amides is 1. The third kappa shape index (κ3) is 5.47. The van der Waals surface area contributed by atoms with E-state index in [1.54, 1.807) is 42.5 Å². The molecule has 0 fully saturated rings. The molecule has 0 unspecified atom stereocenters. The number of halogens is 1. The molecule has 0 aliphatic rings. The van der Waals surface area contributed by atoms with Crippen LogP contribution in [0.5, 0.6) is 23.0 Å². The second kappa shape index (κ2) is 10.5. The van der Waals surface area contributed by atoms with Gasteiger partial charge in [-0.2, -0.15) is 0 Å². The molecular formula is C24H20BrNO6. The third-order valence-electron chi connectivity index (χ3n) is 4.39. The van der Waals surface area contributed by atoms with Gasteiger partial charge in [0.15, 0.2) is 0 Å². The summed E-state index contributed by atoms with van der Waals surface area (Å²) in [6.45, 7) is 0. The first-order valence-electron chi connectivity index (χ1n) is 9.42. The van der Waals surface area contributed by atoms with Crippen LogP contribution in [-0.2, 0) is 4.79 Å². The van der Waals surface area contributed by atoms with Crippen molar-refractivity contribution in [3.8, 4) is 23.0 Å². The molecular weight excluding hydrogens is 478 g/mol. The summed E-state index contributed by atoms with van der Waals surface area (Å²) < 4.78 is 17.0. The Balaban J connectivity index is 1.82. The van der Waals surface area contributed by atoms with Crippen molar-refractivity contribution in [1.82, 2.24) is 5.32 Å². The lowest BCUT2D eigenvalue weighted by Gasteiger charge is -2.13. The molecule has 0 spiro atoms. The molecule has 7 nitrogen and oxygen atoms in total. The zero-order valence-corrected chi connectivity index (χ0v) is 18.9. The van der Waals surface area contributed by atoms with Crippen molar-refractivity contribution >= 4 is 33.9 Å². The van der Waals surface area contributed by atoms with Crippen molar-refractivity contribution in [1.29, 1.82) is 0 Å². The van der Waals surface area contributed by atoms with E-state index < -0.39 is 11.9 Å². The van der Waals surface area contributed by atoms with Gasteiger partial charge in [0.05, 0.1) is 18.7 Å². The minimum Gasteiger partial charge on any atom is -0.496 e. The quantitative estimate of drug-likeness (QED) is 0.419. The van der Waals surface area contributed by atoms with Crippen LogP contribution in [0, 0.1) is 0 Å². The van der Waals surface area contributed by atoms with Gasteiger partial charge in [-0.1, -0.05) is 30.3 Å². The number of ether oxygens (including phenoxy) is 3. The zero-order chi connectivity index (χ0) is 23.1. The summed E-state index contributed by atoms with van der Waals surface area (Å²) in [5.41, 5.74) is 0.360. The standard InChI is InChI=1S/C24H20BrNO6/c1-30-20-8-5-9-21(31-2)22(20)23(27)26-18(24(28)29)14-15-10-12-16(13-11-15)32-19-7-4-3-6-17(19)25/h3-14H,1-2H3,(H,26,27)(H,28,29). The number of methoxy groups -OCH3 is 2. The highest BCUT2D eigenvalue weighted by Crippen LogP contribution is 2.30. The first-order chi connectivity index (χ1) is 15.4. The van der Waals surface area contributed by atoms with Gasteiger partial charge in [-0.25, -0.2) is 4.79 Å². The molecule has 0 heterocycles. The summed E-state index contributed by atoms with van der Waals surface area (Å²) >= 11 is 3.42. The molecule has 32 heavy (non-hydrogen) atoms. The summed E-state index contributed by atoms with van der Waals surface area (Å²) in [6, 6.07) is 19.0. The molecule has 1 amide bonds. The predicted octanol–water partition coefficient (Wildman–Crippen LogP) is 5.11. The number of rotatable bonds is 8. The fourth-order valence-electron chi connectivity index (χ4n) is 2.86. The highest BCUT2D eigenvalue weighted by atomic mass is 79.9. The average molecular weight is 498 g/mol. The van der Waals surface area contributed by atoms with Gasteiger partial charge in [0.25, 0.3) is 5.91 Å². The summed E-state index contributed by atoms with van der Waals surface area (Å²) in [6.07, 6.45) is 1.35. The second-order valence-corrected chi connectivity index (χ2v) is 7.31. The highest BCUT2D eigenvalue weighted by Gasteiger charge is 2.21. The molecule has 0 atom stereocenters. The van der Waals surface area contributed by atoms with Gasteiger partial charge in [-0.05, 0) is 64.0 Å². The van der Waals surface area contributed by atoms with Crippen LogP contribution in [0.1, 0.15) is 15.9 Å². The van der Waals surface area contributed by atoms with E-state index in [1.807, 2.05) is 24.3 Å². The van der Waals surface area contributed by atoms with Gasteiger partial charge in [0, 0.05) is 0 Å². The number of hydrogen-bond donors (Lipinski definition) is 2. The largest absolute Gasteiger partial charge is 0.496 e. The van der Waals surface area contributed by atoms with E-state index in [-0.39, 0.29) is 22.8 Å². The molecule has 0 aliphatic heterocycles. The highest BCUT2D eigenvalue weighted by molar-refractivity contribution is 9.10. The van der Waals surface area contributed by atoms with Crippen molar-refractivity contribution in [3.05, 3.63) is 88.0 Å². The number of carboxylic acids is 1. The molecule has 0 saturated heterocycles. The lowest BCUT2D eigenvalue weighted by molar-refractivity contribution is -0.132. The Morgan fingerprint density at radius 2 is 1.47 bits per heavy atom. The Morgan fingerprint density at radius 3 is 2.03 bits per heavy atom. The fourth-order valence-corrected chi connectivity index (χ4v) is 3.23. The van der Waals surface area contributed by atoms with Gasteiger partial charge in [0.1, 0.15) is 34.3 Å². The number of hydrogen-bond acceptors (Lipinski definition) is 5. The van der Waals surface area contributed by atoms with E-state index >= 15 is 0 Å². The van der Waals surface area contributed by atoms with E-state index in [2.05, 4.69) is 21.2 Å². The minimum atomic E-state index is -1.29. The van der Waals surface area contributed by atoms with E-state index in [0.29, 0.717) is 17.1 Å². The smallest absolute Gasteiger partial charge is 0.352 e. The zero-order valence-electron chi connectivity index (χ0n) is 17.3. The molecule has 3 aromatic rings. The molecule has 0 bridgehead atoms. The van der Waals surface area contributed by atoms with Crippen LogP contribution in [0.15, 0.2) is 76.9 Å². The van der Waals surface area contributed by atoms with Crippen molar-refractivity contribution in [3.63, 3.8) is 0 Å². The Labute approximate surface area is 193 Å². The van der Waals surface area contributed by atoms with Gasteiger partial charge in [-0.15, -0.1) is 0 Å². The van der Waals surface area contributed by atoms with Gasteiger partial charge < -0.3 is 24.6 Å². The number of carbonyl (C=O) groups excluding carboxylic acids is 1. The minimum absolute atomic E-state index is 0.0989. The lowest BCUT2D eigenvalue weighted by Crippen LogP contribution is -2.28. The molecule has 8 heteroatoms. The van der Waals surface area contributed by atoms with Crippen LogP contribution >= 0.6 is 15.9 Å². The third-order valence-corrected chi connectivity index (χ3v) is 5.04. The second-order valence-electron chi connectivity index (χ2n) is 6.46. The first kappa shape index (κ1) is 22.9. The summed E-state index contributed by atoms with van der Waals surface area (Å²) in [5, 5.41) is 12.0. The van der Waals surface area contributed by atoms with E-state index in [1.165, 1.54) is 20.3 Å². The first-order valence-corrected chi connectivity index (χ1v) is 10.2. The SMILES string of the molecule is COc1cccc(OC)c1C(=O)NC(=Cc1ccc(Oc2ccccc2Br)cc1)C(=O)O. The van der Waals surface area contributed by atoms with Crippen LogP contribution in [0.25, 0.3) is 6.08 Å². The number of carboxylic acid groups (broad SMARTS) is 1. The maximum absolute atomic E-state index is 12.8. The fraction of sp³-hybridized carbons (Fsp3) is 0.0833. The van der Waals surface area contributed by atoms with Crippen LogP contribution in [0.3, 0.4) is 0 Å². The van der Waals surface area contributed by atoms with Crippen molar-refractivity contribution in [2.45, 2.75) is 0 Å². The number of nitrogens with one attached hydrogen (secondary N) is 1. The molecule has 2 N–H and O–H groups in total. The Hall–Kier alpha value is -3.78. The van der Waals surface area contributed by atoms with Crippen LogP contribution in [0.4, 0.5) is 0 Å². The summed E-state index contributed by atoms with van der Waals surface area (Å²) in [7, 11) is 2.83. The monoisotopic (exact) mass is 497 g/mol. The van der Waals surface area contributed by atoms with Crippen LogP contribution in [0.2, 0.25) is 0 Å². The molecule has 0 aliphatic carbocycles. The normalized spacial score (nSPS) is 10.9. The molecule has 3 rings (SSSR count). The number of benzene rings is 3. The molecule has 0 aromatic heterocycles. The Bertz CT molecular complexity index is 1140. The van der Waals surface area contributed by atoms with Crippen LogP contribution in [-0.4, -0.2) is 31.2 Å². The Kier molecular flexibility index (Phi) is 7.51. The molecule has 3 aromatic carbocycles. The number of carbonyl (C=O) groups is 2. The lowest BCUT2D eigenvalue weighted by atomic mass is 10.1. The van der Waals surface area contributed by atoms with E-state index in [0.717, 1.165) is 4.47 Å². The molecule has 164 valence electrons. The average Bonchev–Trinajstić information content (AvgIpc) is 2.80. The van der Waals surface area contributed by atoms with Crippen molar-refractivity contribution in [2.24, 2.45) is 0 Å². The topological polar surface area (TPSA) is 94.1 Å². The van der Waals surface area contributed by atoms with Gasteiger partial charge in [-0.3, -0.25) is 4.79 Å². The molecule has 0 radical (unpaired) electrons. The van der Waals surface area contributed by atoms with Gasteiger partial charge in [0.2, 0.25) is 0 Å². The van der Waals surface area contributed by atoms with Crippen molar-refractivity contribution < 1.29 is 28.9 Å². The summed E-state index contributed by atoms with van der Waals surface area (Å²) in [4.78, 5) is 24.5. The maximum Gasteiger partial charge on any atom is 0.352 e. The summed E-state index contributed by atoms with van der Waals surface area (Å²) in [5.74, 6) is -0.198. The van der Waals surface area contributed by atoms with Crippen LogP contribution < -0.4 is 19.5 Å². The predicted molar refractivity (Wildman–Crippen MR) is 123 cm³/mol. The van der Waals surface area contributed by atoms with E-state index in [4.69, 9.17) is 14.2 Å². The van der Waals surface area contributed by atoms with Crippen molar-refractivity contribution in [2.75, 3.05) is 14.2 Å². The molecule has 0 saturated carbocycles. The Morgan fingerprint density at radius 1 is 0.875 bits per heavy atom.